The lowest BCUT2D eigenvalue weighted by Crippen LogP contribution is -2.40. The number of rotatable bonds is 3. The number of nitrogens with two attached hydrogens (primary N) is 1. The van der Waals surface area contributed by atoms with Crippen molar-refractivity contribution in [3.63, 3.8) is 0 Å². The minimum absolute atomic E-state index is 0.167. The van der Waals surface area contributed by atoms with Crippen molar-refractivity contribution >= 4 is 46.5 Å². The summed E-state index contributed by atoms with van der Waals surface area (Å²) in [5.74, 6) is 8.13. The Balaban J connectivity index is 2.18. The molecular formula is C10H15ClN2S3. The van der Waals surface area contributed by atoms with Gasteiger partial charge < -0.3 is 0 Å². The Bertz CT molecular complexity index is 345. The fourth-order valence-electron chi connectivity index (χ4n) is 1.86. The van der Waals surface area contributed by atoms with Crippen molar-refractivity contribution < 1.29 is 0 Å². The van der Waals surface area contributed by atoms with Gasteiger partial charge >= 0.3 is 0 Å². The number of halogens is 1. The first-order chi connectivity index (χ1) is 7.74. The number of hydrogen-bond donors (Lipinski definition) is 2. The Kier molecular flexibility index (Phi) is 4.88. The number of thiophene rings is 1. The van der Waals surface area contributed by atoms with Crippen LogP contribution in [0.1, 0.15) is 17.8 Å². The quantitative estimate of drug-likeness (QED) is 0.663. The van der Waals surface area contributed by atoms with Crippen molar-refractivity contribution in [2.45, 2.75) is 23.5 Å². The normalized spacial score (nSPS) is 27.9. The molecule has 16 heavy (non-hydrogen) atoms. The Labute approximate surface area is 114 Å². The largest absolute Gasteiger partial charge is 0.271 e. The lowest BCUT2D eigenvalue weighted by molar-refractivity contribution is 0.535. The van der Waals surface area contributed by atoms with E-state index in [4.69, 9.17) is 17.4 Å². The molecule has 90 valence electrons. The highest BCUT2D eigenvalue weighted by Crippen LogP contribution is 2.41. The molecule has 3 atom stereocenters. The third-order valence-corrected chi connectivity index (χ3v) is 7.31. The monoisotopic (exact) mass is 294 g/mol. The van der Waals surface area contributed by atoms with Gasteiger partial charge in [0.25, 0.3) is 0 Å². The molecule has 3 unspecified atom stereocenters. The van der Waals surface area contributed by atoms with E-state index in [0.717, 1.165) is 9.90 Å². The molecule has 0 aromatic carbocycles. The minimum atomic E-state index is 0.167. The second-order valence-electron chi connectivity index (χ2n) is 3.69. The summed E-state index contributed by atoms with van der Waals surface area (Å²) in [4.78, 5) is 1.16. The lowest BCUT2D eigenvalue weighted by atomic mass is 10.1. The molecule has 1 fully saturated rings. The van der Waals surface area contributed by atoms with E-state index in [1.165, 1.54) is 11.5 Å². The predicted octanol–water partition coefficient (Wildman–Crippen LogP) is 3.14. The van der Waals surface area contributed by atoms with E-state index in [1.807, 2.05) is 35.0 Å². The van der Waals surface area contributed by atoms with Gasteiger partial charge in [-0.15, -0.1) is 11.3 Å². The van der Waals surface area contributed by atoms with E-state index < -0.39 is 0 Å². The van der Waals surface area contributed by atoms with Gasteiger partial charge in [0, 0.05) is 26.9 Å². The molecule has 1 aliphatic rings. The summed E-state index contributed by atoms with van der Waals surface area (Å²) in [5, 5.41) is 3.96. The first kappa shape index (κ1) is 13.1. The van der Waals surface area contributed by atoms with Gasteiger partial charge in [-0.3, -0.25) is 11.3 Å². The van der Waals surface area contributed by atoms with Crippen LogP contribution in [-0.2, 0) is 0 Å². The topological polar surface area (TPSA) is 38.0 Å². The molecule has 2 nitrogen and oxygen atoms in total. The van der Waals surface area contributed by atoms with Gasteiger partial charge in [0.15, 0.2) is 0 Å². The van der Waals surface area contributed by atoms with Crippen molar-refractivity contribution in [2.75, 3.05) is 11.5 Å². The first-order valence-corrected chi connectivity index (χ1v) is 8.51. The minimum Gasteiger partial charge on any atom is -0.271 e. The SMILES string of the molecule is CC1SCCSC1C(NN)c1sccc1Cl. The Hall–Kier alpha value is 0.610. The van der Waals surface area contributed by atoms with Crippen LogP contribution in [0.3, 0.4) is 0 Å². The van der Waals surface area contributed by atoms with Crippen molar-refractivity contribution in [2.24, 2.45) is 5.84 Å². The molecule has 1 saturated heterocycles. The van der Waals surface area contributed by atoms with E-state index in [-0.39, 0.29) is 6.04 Å². The van der Waals surface area contributed by atoms with Gasteiger partial charge in [0.2, 0.25) is 0 Å². The van der Waals surface area contributed by atoms with Crippen molar-refractivity contribution in [1.82, 2.24) is 5.43 Å². The maximum atomic E-state index is 6.18. The van der Waals surface area contributed by atoms with Gasteiger partial charge in [-0.2, -0.15) is 23.5 Å². The van der Waals surface area contributed by atoms with Crippen molar-refractivity contribution in [3.05, 3.63) is 21.3 Å². The molecule has 1 aromatic heterocycles. The molecular weight excluding hydrogens is 280 g/mol. The van der Waals surface area contributed by atoms with Crippen LogP contribution >= 0.6 is 46.5 Å². The van der Waals surface area contributed by atoms with Crippen LogP contribution in [-0.4, -0.2) is 22.0 Å². The summed E-state index contributed by atoms with van der Waals surface area (Å²) in [6, 6.07) is 2.11. The van der Waals surface area contributed by atoms with Crippen molar-refractivity contribution in [3.8, 4) is 0 Å². The van der Waals surface area contributed by atoms with Crippen LogP contribution in [0.5, 0.6) is 0 Å². The fraction of sp³-hybridized carbons (Fsp3) is 0.600. The predicted molar refractivity (Wildman–Crippen MR) is 77.6 cm³/mol. The molecule has 1 aromatic rings. The molecule has 3 N–H and O–H groups in total. The molecule has 6 heteroatoms. The molecule has 0 spiro atoms. The van der Waals surface area contributed by atoms with E-state index in [1.54, 1.807) is 11.3 Å². The van der Waals surface area contributed by atoms with Crippen LogP contribution in [0.15, 0.2) is 11.4 Å². The molecule has 0 radical (unpaired) electrons. The maximum absolute atomic E-state index is 6.18. The zero-order valence-electron chi connectivity index (χ0n) is 8.98. The number of nitrogens with one attached hydrogen (secondary N) is 1. The van der Waals surface area contributed by atoms with Gasteiger partial charge in [0.05, 0.1) is 11.1 Å². The molecule has 0 saturated carbocycles. The standard InChI is InChI=1S/C10H15ClN2S3/c1-6-9(16-5-4-14-6)8(13-12)10-7(11)2-3-15-10/h2-3,6,8-9,13H,4-5,12H2,1H3. The lowest BCUT2D eigenvalue weighted by Gasteiger charge is -2.33. The van der Waals surface area contributed by atoms with Crippen LogP contribution in [0, 0.1) is 0 Å². The molecule has 0 bridgehead atoms. The summed E-state index contributed by atoms with van der Waals surface area (Å²) in [6.45, 7) is 2.27. The van der Waals surface area contributed by atoms with Crippen LogP contribution in [0.25, 0.3) is 0 Å². The highest BCUT2D eigenvalue weighted by Gasteiger charge is 2.32. The second kappa shape index (κ2) is 5.98. The Morgan fingerprint density at radius 3 is 2.81 bits per heavy atom. The maximum Gasteiger partial charge on any atom is 0.0697 e. The zero-order chi connectivity index (χ0) is 11.5. The van der Waals surface area contributed by atoms with E-state index >= 15 is 0 Å². The molecule has 0 amide bonds. The summed E-state index contributed by atoms with van der Waals surface area (Å²) >= 11 is 11.9. The van der Waals surface area contributed by atoms with E-state index in [0.29, 0.717) is 10.5 Å². The molecule has 1 aliphatic heterocycles. The van der Waals surface area contributed by atoms with Gasteiger partial charge in [0.1, 0.15) is 0 Å². The summed E-state index contributed by atoms with van der Waals surface area (Å²) in [6.07, 6.45) is 0. The third kappa shape index (κ3) is 2.71. The molecule has 2 rings (SSSR count). The highest BCUT2D eigenvalue weighted by atomic mass is 35.5. The van der Waals surface area contributed by atoms with E-state index in [9.17, 15) is 0 Å². The molecule has 2 heterocycles. The number of hydrazine groups is 1. The van der Waals surface area contributed by atoms with E-state index in [2.05, 4.69) is 12.3 Å². The van der Waals surface area contributed by atoms with Crippen LogP contribution < -0.4 is 11.3 Å². The smallest absolute Gasteiger partial charge is 0.0697 e. The number of hydrogen-bond acceptors (Lipinski definition) is 5. The Morgan fingerprint density at radius 2 is 2.25 bits per heavy atom. The highest BCUT2D eigenvalue weighted by molar-refractivity contribution is 8.07. The summed E-state index contributed by atoms with van der Waals surface area (Å²) in [5.41, 5.74) is 2.94. The average molecular weight is 295 g/mol. The zero-order valence-corrected chi connectivity index (χ0v) is 12.2. The van der Waals surface area contributed by atoms with Gasteiger partial charge in [-0.1, -0.05) is 18.5 Å². The molecule has 0 aliphatic carbocycles. The fourth-order valence-corrected chi connectivity index (χ4v) is 6.14. The second-order valence-corrected chi connectivity index (χ2v) is 7.81. The van der Waals surface area contributed by atoms with Crippen LogP contribution in [0.2, 0.25) is 5.02 Å². The third-order valence-electron chi connectivity index (χ3n) is 2.67. The average Bonchev–Trinajstić information content (AvgIpc) is 2.69. The van der Waals surface area contributed by atoms with Crippen LogP contribution in [0.4, 0.5) is 0 Å². The summed E-state index contributed by atoms with van der Waals surface area (Å²) < 4.78 is 0. The Morgan fingerprint density at radius 1 is 1.50 bits per heavy atom. The first-order valence-electron chi connectivity index (χ1n) is 5.16. The van der Waals surface area contributed by atoms with Gasteiger partial charge in [-0.05, 0) is 11.4 Å². The van der Waals surface area contributed by atoms with Crippen molar-refractivity contribution in [1.29, 1.82) is 0 Å². The summed E-state index contributed by atoms with van der Waals surface area (Å²) in [7, 11) is 0. The number of thioether (sulfide) groups is 2. The van der Waals surface area contributed by atoms with Gasteiger partial charge in [-0.25, -0.2) is 0 Å².